The van der Waals surface area contributed by atoms with E-state index in [-0.39, 0.29) is 28.9 Å². The zero-order valence-electron chi connectivity index (χ0n) is 18.0. The molecule has 1 atom stereocenters. The highest BCUT2D eigenvalue weighted by Gasteiger charge is 2.34. The van der Waals surface area contributed by atoms with E-state index in [1.807, 2.05) is 6.92 Å². The van der Waals surface area contributed by atoms with Crippen LogP contribution in [-0.2, 0) is 26.0 Å². The molecule has 32 heavy (non-hydrogen) atoms. The van der Waals surface area contributed by atoms with E-state index in [1.165, 1.54) is 36.4 Å². The fraction of sp³-hybridized carbons (Fsp3) is 0.391. The van der Waals surface area contributed by atoms with Crippen LogP contribution >= 0.6 is 0 Å². The van der Waals surface area contributed by atoms with Crippen molar-refractivity contribution in [1.82, 2.24) is 9.62 Å². The van der Waals surface area contributed by atoms with Crippen LogP contribution in [-0.4, -0.2) is 44.8 Å². The highest BCUT2D eigenvalue weighted by Crippen LogP contribution is 2.21. The first kappa shape index (κ1) is 23.9. The number of carbonyl (C=O) groups is 2. The zero-order chi connectivity index (χ0) is 23.1. The quantitative estimate of drug-likeness (QED) is 0.532. The Labute approximate surface area is 188 Å². The summed E-state index contributed by atoms with van der Waals surface area (Å²) < 4.78 is 40.0. The van der Waals surface area contributed by atoms with E-state index in [9.17, 15) is 22.4 Å². The Morgan fingerprint density at radius 2 is 1.81 bits per heavy atom. The van der Waals surface area contributed by atoms with E-state index in [4.69, 9.17) is 0 Å². The molecule has 0 aromatic heterocycles. The van der Waals surface area contributed by atoms with Crippen molar-refractivity contribution in [3.63, 3.8) is 0 Å². The van der Waals surface area contributed by atoms with Crippen molar-refractivity contribution in [2.45, 2.75) is 37.5 Å². The van der Waals surface area contributed by atoms with Gasteiger partial charge in [0.25, 0.3) is 0 Å². The molecule has 0 spiro atoms. The molecule has 1 fully saturated rings. The van der Waals surface area contributed by atoms with Gasteiger partial charge in [-0.3, -0.25) is 9.59 Å². The summed E-state index contributed by atoms with van der Waals surface area (Å²) >= 11 is 0. The van der Waals surface area contributed by atoms with Crippen molar-refractivity contribution >= 4 is 27.5 Å². The molecule has 2 aromatic carbocycles. The fourth-order valence-electron chi connectivity index (χ4n) is 3.51. The molecule has 1 aliphatic heterocycles. The van der Waals surface area contributed by atoms with Crippen molar-refractivity contribution in [2.24, 2.45) is 5.92 Å². The average Bonchev–Trinajstić information content (AvgIpc) is 3.14. The number of unbranched alkanes of at least 4 members (excludes halogenated alkanes) is 1. The minimum Gasteiger partial charge on any atom is -0.342 e. The second kappa shape index (κ2) is 10.7. The van der Waals surface area contributed by atoms with Crippen LogP contribution in [0.4, 0.5) is 10.1 Å². The van der Waals surface area contributed by atoms with Crippen molar-refractivity contribution in [3.05, 3.63) is 59.9 Å². The zero-order valence-corrected chi connectivity index (χ0v) is 18.8. The third kappa shape index (κ3) is 6.37. The van der Waals surface area contributed by atoms with E-state index >= 15 is 0 Å². The number of nitrogens with zero attached hydrogens (tertiary/aromatic N) is 1. The molecule has 7 nitrogen and oxygen atoms in total. The van der Waals surface area contributed by atoms with Gasteiger partial charge in [-0.2, -0.15) is 0 Å². The highest BCUT2D eigenvalue weighted by atomic mass is 32.2. The van der Waals surface area contributed by atoms with Crippen LogP contribution in [0.2, 0.25) is 0 Å². The molecule has 2 aromatic rings. The maximum absolute atomic E-state index is 13.0. The van der Waals surface area contributed by atoms with Crippen molar-refractivity contribution in [1.29, 1.82) is 0 Å². The van der Waals surface area contributed by atoms with Crippen LogP contribution < -0.4 is 10.0 Å². The molecule has 2 N–H and O–H groups in total. The third-order valence-electron chi connectivity index (χ3n) is 5.42. The lowest BCUT2D eigenvalue weighted by molar-refractivity contribution is -0.128. The average molecular weight is 462 g/mol. The monoisotopic (exact) mass is 461 g/mol. The Bertz CT molecular complexity index is 1040. The molecule has 0 saturated carbocycles. The number of anilines is 1. The summed E-state index contributed by atoms with van der Waals surface area (Å²) in [4.78, 5) is 26.7. The van der Waals surface area contributed by atoms with Gasteiger partial charge in [0.05, 0.1) is 10.8 Å². The minimum atomic E-state index is -3.57. The van der Waals surface area contributed by atoms with Gasteiger partial charge in [0.2, 0.25) is 21.8 Å². The summed E-state index contributed by atoms with van der Waals surface area (Å²) in [5, 5.41) is 2.76. The Morgan fingerprint density at radius 3 is 2.47 bits per heavy atom. The van der Waals surface area contributed by atoms with Crippen LogP contribution in [0.3, 0.4) is 0 Å². The van der Waals surface area contributed by atoms with Crippen LogP contribution in [0, 0.1) is 11.7 Å². The number of hydrogen-bond acceptors (Lipinski definition) is 4. The van der Waals surface area contributed by atoms with E-state index in [1.54, 1.807) is 17.0 Å². The lowest BCUT2D eigenvalue weighted by atomic mass is 10.1. The molecular weight excluding hydrogens is 433 g/mol. The number of benzene rings is 2. The molecule has 1 aliphatic rings. The van der Waals surface area contributed by atoms with Crippen LogP contribution in [0.25, 0.3) is 0 Å². The summed E-state index contributed by atoms with van der Waals surface area (Å²) in [6.45, 7) is 3.14. The first-order chi connectivity index (χ1) is 15.3. The predicted molar refractivity (Wildman–Crippen MR) is 120 cm³/mol. The Balaban J connectivity index is 1.52. The maximum atomic E-state index is 13.0. The number of nitrogens with one attached hydrogen (secondary N) is 2. The summed E-state index contributed by atoms with van der Waals surface area (Å²) in [5.74, 6) is -1.15. The number of carbonyl (C=O) groups excluding carboxylic acids is 2. The van der Waals surface area contributed by atoms with E-state index in [0.29, 0.717) is 31.7 Å². The largest absolute Gasteiger partial charge is 0.342 e. The smallest absolute Gasteiger partial charge is 0.240 e. The van der Waals surface area contributed by atoms with E-state index < -0.39 is 15.9 Å². The Kier molecular flexibility index (Phi) is 7.98. The van der Waals surface area contributed by atoms with Crippen LogP contribution in [0.5, 0.6) is 0 Å². The first-order valence-corrected chi connectivity index (χ1v) is 12.2. The fourth-order valence-corrected chi connectivity index (χ4v) is 4.58. The van der Waals surface area contributed by atoms with Crippen molar-refractivity contribution in [2.75, 3.05) is 25.0 Å². The van der Waals surface area contributed by atoms with Gasteiger partial charge in [-0.05, 0) is 54.8 Å². The number of rotatable bonds is 10. The van der Waals surface area contributed by atoms with Crippen LogP contribution in [0.1, 0.15) is 31.7 Å². The van der Waals surface area contributed by atoms with E-state index in [0.717, 1.165) is 18.4 Å². The second-order valence-corrected chi connectivity index (χ2v) is 9.65. The molecule has 1 heterocycles. The van der Waals surface area contributed by atoms with Gasteiger partial charge in [0.1, 0.15) is 5.82 Å². The molecule has 1 unspecified atom stereocenters. The summed E-state index contributed by atoms with van der Waals surface area (Å²) in [6, 6.07) is 12.1. The lowest BCUT2D eigenvalue weighted by Crippen LogP contribution is -2.30. The first-order valence-electron chi connectivity index (χ1n) is 10.7. The minimum absolute atomic E-state index is 0.0909. The normalized spacial score (nSPS) is 16.4. The maximum Gasteiger partial charge on any atom is 0.240 e. The SMILES string of the molecule is CCCCNS(=O)(=O)c1ccc(NC(=O)C2CC(=O)N(CCc3ccc(F)cc3)C2)cc1. The molecule has 0 radical (unpaired) electrons. The molecule has 0 aliphatic carbocycles. The number of hydrogen-bond donors (Lipinski definition) is 2. The van der Waals surface area contributed by atoms with Crippen LogP contribution in [0.15, 0.2) is 53.4 Å². The van der Waals surface area contributed by atoms with Gasteiger partial charge in [0.15, 0.2) is 0 Å². The molecule has 9 heteroatoms. The number of likely N-dealkylation sites (tertiary alicyclic amines) is 1. The Morgan fingerprint density at radius 1 is 1.12 bits per heavy atom. The molecule has 1 saturated heterocycles. The summed E-state index contributed by atoms with van der Waals surface area (Å²) in [5.41, 5.74) is 1.39. The molecular formula is C23H28FN3O4S. The number of halogens is 1. The van der Waals surface area contributed by atoms with Gasteiger partial charge in [-0.1, -0.05) is 25.5 Å². The lowest BCUT2D eigenvalue weighted by Gasteiger charge is -2.16. The molecule has 0 bridgehead atoms. The molecule has 3 rings (SSSR count). The standard InChI is InChI=1S/C23H28FN3O4S/c1-2-3-13-25-32(30,31)21-10-8-20(9-11-21)26-23(29)18-15-22(28)27(16-18)14-12-17-4-6-19(24)7-5-17/h4-11,18,25H,2-3,12-16H2,1H3,(H,26,29). The van der Waals surface area contributed by atoms with Gasteiger partial charge in [-0.25, -0.2) is 17.5 Å². The Hall–Kier alpha value is -2.78. The summed E-state index contributed by atoms with van der Waals surface area (Å²) in [7, 11) is -3.57. The van der Waals surface area contributed by atoms with Gasteiger partial charge in [-0.15, -0.1) is 0 Å². The topological polar surface area (TPSA) is 95.6 Å². The predicted octanol–water partition coefficient (Wildman–Crippen LogP) is 2.93. The molecule has 2 amide bonds. The van der Waals surface area contributed by atoms with Gasteiger partial charge in [0, 0.05) is 31.7 Å². The van der Waals surface area contributed by atoms with Gasteiger partial charge < -0.3 is 10.2 Å². The number of sulfonamides is 1. The van der Waals surface area contributed by atoms with E-state index in [2.05, 4.69) is 10.0 Å². The number of amides is 2. The highest BCUT2D eigenvalue weighted by molar-refractivity contribution is 7.89. The van der Waals surface area contributed by atoms with Crippen molar-refractivity contribution < 1.29 is 22.4 Å². The van der Waals surface area contributed by atoms with Crippen molar-refractivity contribution in [3.8, 4) is 0 Å². The van der Waals surface area contributed by atoms with Gasteiger partial charge >= 0.3 is 0 Å². The second-order valence-electron chi connectivity index (χ2n) is 7.88. The summed E-state index contributed by atoms with van der Waals surface area (Å²) in [6.07, 6.45) is 2.36. The third-order valence-corrected chi connectivity index (χ3v) is 6.90. The molecule has 172 valence electrons.